The zero-order chi connectivity index (χ0) is 37.0. The van der Waals surface area contributed by atoms with Crippen LogP contribution in [0.15, 0.2) is 0 Å². The van der Waals surface area contributed by atoms with E-state index in [1.807, 2.05) is 13.8 Å². The Hall–Kier alpha value is -2.13. The standard InChI is InChI=1S/C35H50F4O10S/c1-19(24-8-9-25-30-26(18-28(42)33(24,25)3)32(2)12-11-22(40)16-21(32)17-27(30)41)7-10-29(43)49-23-6-4-5-20(15-23)31(44)48-14-13-34(36,37)35(38,39)50(45,46)47/h19-26,30,40H,4-18H2,1-3H3,(H,45,46,47)/t19-,20?,21+,22?,23?,24-,25+,26+,30+,32+,33-/m1/s1. The zero-order valence-electron chi connectivity index (χ0n) is 28.9. The van der Waals surface area contributed by atoms with Gasteiger partial charge < -0.3 is 14.6 Å². The Bertz CT molecular complexity index is 1450. The number of Topliss-reactive ketones (excluding diaryl/α,β-unsaturated/α-hetero) is 2. The van der Waals surface area contributed by atoms with Crippen LogP contribution in [-0.4, -0.2) is 71.6 Å². The third-order valence-electron chi connectivity index (χ3n) is 13.5. The summed E-state index contributed by atoms with van der Waals surface area (Å²) in [5.41, 5.74) is -0.810. The van der Waals surface area contributed by atoms with Crippen molar-refractivity contribution < 1.29 is 64.3 Å². The van der Waals surface area contributed by atoms with Crippen molar-refractivity contribution in [2.75, 3.05) is 6.61 Å². The van der Waals surface area contributed by atoms with Crippen molar-refractivity contribution in [3.8, 4) is 0 Å². The van der Waals surface area contributed by atoms with Crippen LogP contribution in [0.1, 0.15) is 111 Å². The number of esters is 2. The maximum atomic E-state index is 14.0. The van der Waals surface area contributed by atoms with Gasteiger partial charge >= 0.3 is 33.2 Å². The number of ether oxygens (including phenoxy) is 2. The van der Waals surface area contributed by atoms with Crippen LogP contribution in [0.4, 0.5) is 17.6 Å². The highest BCUT2D eigenvalue weighted by molar-refractivity contribution is 7.87. The first kappa shape index (κ1) is 39.1. The van der Waals surface area contributed by atoms with E-state index >= 15 is 0 Å². The Morgan fingerprint density at radius 1 is 1.00 bits per heavy atom. The molecule has 0 spiro atoms. The van der Waals surface area contributed by atoms with Crippen molar-refractivity contribution in [2.24, 2.45) is 52.3 Å². The minimum absolute atomic E-state index is 0.00102. The predicted octanol–water partition coefficient (Wildman–Crippen LogP) is 5.93. The summed E-state index contributed by atoms with van der Waals surface area (Å²) < 4.78 is 94.4. The van der Waals surface area contributed by atoms with Gasteiger partial charge in [-0.25, -0.2) is 0 Å². The van der Waals surface area contributed by atoms with Gasteiger partial charge in [-0.1, -0.05) is 20.8 Å². The van der Waals surface area contributed by atoms with Crippen LogP contribution in [0, 0.1) is 52.3 Å². The molecule has 10 nitrogen and oxygen atoms in total. The van der Waals surface area contributed by atoms with Gasteiger partial charge in [0.1, 0.15) is 17.7 Å². The van der Waals surface area contributed by atoms with Crippen LogP contribution in [0.25, 0.3) is 0 Å². The van der Waals surface area contributed by atoms with Crippen molar-refractivity contribution >= 4 is 33.6 Å². The van der Waals surface area contributed by atoms with Gasteiger partial charge in [-0.05, 0) is 99.2 Å². The topological polar surface area (TPSA) is 161 Å². The molecule has 0 heterocycles. The van der Waals surface area contributed by atoms with E-state index in [1.165, 1.54) is 0 Å². The molecular formula is C35H50F4O10S. The minimum Gasteiger partial charge on any atom is -0.465 e. The van der Waals surface area contributed by atoms with Crippen molar-refractivity contribution in [1.29, 1.82) is 0 Å². The summed E-state index contributed by atoms with van der Waals surface area (Å²) in [6.45, 7) is 5.04. The Labute approximate surface area is 290 Å². The van der Waals surface area contributed by atoms with Gasteiger partial charge in [0.05, 0.1) is 25.0 Å². The number of aliphatic hydroxyl groups is 1. The monoisotopic (exact) mass is 738 g/mol. The lowest BCUT2D eigenvalue weighted by molar-refractivity contribution is -0.177. The van der Waals surface area contributed by atoms with E-state index in [0.29, 0.717) is 51.4 Å². The summed E-state index contributed by atoms with van der Waals surface area (Å²) >= 11 is 0. The molecule has 0 radical (unpaired) electrons. The molecule has 5 saturated carbocycles. The molecule has 5 fully saturated rings. The number of fused-ring (bicyclic) bond motifs is 5. The van der Waals surface area contributed by atoms with Gasteiger partial charge in [0.2, 0.25) is 0 Å². The van der Waals surface area contributed by atoms with E-state index in [9.17, 15) is 50.3 Å². The molecule has 284 valence electrons. The largest absolute Gasteiger partial charge is 0.465 e. The normalized spacial score (nSPS) is 38.4. The highest BCUT2D eigenvalue weighted by atomic mass is 32.2. The molecule has 0 bridgehead atoms. The maximum absolute atomic E-state index is 14.0. The second kappa shape index (κ2) is 14.0. The summed E-state index contributed by atoms with van der Waals surface area (Å²) in [4.78, 5) is 53.1. The molecule has 0 saturated heterocycles. The third kappa shape index (κ3) is 7.00. The molecule has 11 atom stereocenters. The minimum atomic E-state index is -6.40. The van der Waals surface area contributed by atoms with Gasteiger partial charge in [-0.15, -0.1) is 0 Å². The highest BCUT2D eigenvalue weighted by Gasteiger charge is 2.67. The molecule has 5 rings (SSSR count). The molecule has 15 heteroatoms. The van der Waals surface area contributed by atoms with Gasteiger partial charge in [0, 0.05) is 30.6 Å². The van der Waals surface area contributed by atoms with Crippen molar-refractivity contribution in [3.63, 3.8) is 0 Å². The van der Waals surface area contributed by atoms with Crippen molar-refractivity contribution in [2.45, 2.75) is 134 Å². The van der Waals surface area contributed by atoms with E-state index in [-0.39, 0.29) is 65.3 Å². The number of carbonyl (C=O) groups is 4. The summed E-state index contributed by atoms with van der Waals surface area (Å²) in [7, 11) is -6.40. The lowest BCUT2D eigenvalue weighted by Gasteiger charge is -2.59. The predicted molar refractivity (Wildman–Crippen MR) is 169 cm³/mol. The first-order chi connectivity index (χ1) is 23.1. The molecule has 0 aromatic rings. The van der Waals surface area contributed by atoms with Crippen LogP contribution in [0.3, 0.4) is 0 Å². The summed E-state index contributed by atoms with van der Waals surface area (Å²) in [6, 6.07) is 0. The molecule has 0 aromatic heterocycles. The zero-order valence-corrected chi connectivity index (χ0v) is 29.7. The molecule has 0 amide bonds. The fourth-order valence-corrected chi connectivity index (χ4v) is 11.0. The third-order valence-corrected chi connectivity index (χ3v) is 14.5. The van der Waals surface area contributed by atoms with Gasteiger partial charge in [-0.2, -0.15) is 26.0 Å². The van der Waals surface area contributed by atoms with Crippen LogP contribution in [0.2, 0.25) is 0 Å². The Kier molecular flexibility index (Phi) is 11.0. The number of ketones is 2. The highest BCUT2D eigenvalue weighted by Crippen LogP contribution is 2.66. The molecule has 5 aliphatic rings. The first-order valence-electron chi connectivity index (χ1n) is 18.0. The lowest BCUT2D eigenvalue weighted by Crippen LogP contribution is -2.60. The van der Waals surface area contributed by atoms with Gasteiger partial charge in [-0.3, -0.25) is 23.7 Å². The second-order valence-corrected chi connectivity index (χ2v) is 17.7. The number of alkyl halides is 4. The second-order valence-electron chi connectivity index (χ2n) is 16.2. The van der Waals surface area contributed by atoms with Crippen LogP contribution in [0.5, 0.6) is 0 Å². The Morgan fingerprint density at radius 3 is 2.38 bits per heavy atom. The summed E-state index contributed by atoms with van der Waals surface area (Å²) in [6.07, 6.45) is 3.39. The van der Waals surface area contributed by atoms with Crippen LogP contribution >= 0.6 is 0 Å². The Balaban J connectivity index is 1.11. The number of hydrogen-bond donors (Lipinski definition) is 2. The van der Waals surface area contributed by atoms with Gasteiger partial charge in [0.25, 0.3) is 0 Å². The summed E-state index contributed by atoms with van der Waals surface area (Å²) in [5, 5.41) is 4.55. The van der Waals surface area contributed by atoms with E-state index in [0.717, 1.165) is 19.3 Å². The van der Waals surface area contributed by atoms with Crippen LogP contribution in [-0.2, 0) is 38.8 Å². The number of halogens is 4. The smallest absolute Gasteiger partial charge is 0.431 e. The number of carbonyl (C=O) groups excluding carboxylic acids is 4. The van der Waals surface area contributed by atoms with Gasteiger partial charge in [0.15, 0.2) is 0 Å². The molecule has 50 heavy (non-hydrogen) atoms. The molecule has 3 unspecified atom stereocenters. The fraction of sp³-hybridized carbons (Fsp3) is 0.886. The lowest BCUT2D eigenvalue weighted by atomic mass is 9.43. The molecule has 0 aliphatic heterocycles. The number of hydrogen-bond acceptors (Lipinski definition) is 9. The van der Waals surface area contributed by atoms with E-state index in [4.69, 9.17) is 14.0 Å². The average Bonchev–Trinajstić information content (AvgIpc) is 3.39. The van der Waals surface area contributed by atoms with Crippen LogP contribution < -0.4 is 0 Å². The first-order valence-corrected chi connectivity index (χ1v) is 19.4. The van der Waals surface area contributed by atoms with E-state index < -0.39 is 69.8 Å². The van der Waals surface area contributed by atoms with E-state index in [1.54, 1.807) is 0 Å². The van der Waals surface area contributed by atoms with E-state index in [2.05, 4.69) is 6.92 Å². The summed E-state index contributed by atoms with van der Waals surface area (Å²) in [5.74, 6) is -7.20. The number of aliphatic hydroxyl groups excluding tert-OH is 1. The average molecular weight is 739 g/mol. The molecule has 5 aliphatic carbocycles. The SMILES string of the molecule is C[C@H](CCC(=O)OC1CCCC(C(=O)OCCC(F)(F)C(F)(F)S(=O)(=O)O)C1)[C@H]1CC[C@H]2[C@@H]3C(=O)C[C@@H]4CC(O)CC[C@]4(C)[C@H]3CC(=O)[C@]12C. The fourth-order valence-electron chi connectivity index (χ4n) is 10.6. The number of rotatable bonds is 11. The molecule has 2 N–H and O–H groups in total. The molecule has 0 aromatic carbocycles. The molecular weight excluding hydrogens is 688 g/mol. The van der Waals surface area contributed by atoms with Crippen molar-refractivity contribution in [3.05, 3.63) is 0 Å². The van der Waals surface area contributed by atoms with Crippen molar-refractivity contribution in [1.82, 2.24) is 0 Å². The maximum Gasteiger partial charge on any atom is 0.431 e. The Morgan fingerprint density at radius 2 is 1.70 bits per heavy atom. The quantitative estimate of drug-likeness (QED) is 0.148.